The molecule has 1 N–H and O–H groups in total. The van der Waals surface area contributed by atoms with Gasteiger partial charge in [0.1, 0.15) is 0 Å². The topological polar surface area (TPSA) is 29.5 Å². The van der Waals surface area contributed by atoms with Crippen LogP contribution in [0.4, 0.5) is 0 Å². The van der Waals surface area contributed by atoms with E-state index in [4.69, 9.17) is 9.84 Å². The summed E-state index contributed by atoms with van der Waals surface area (Å²) in [5, 5.41) is 8.65. The maximum Gasteiger partial charge on any atom is 0.0579 e. The van der Waals surface area contributed by atoms with Gasteiger partial charge in [-0.05, 0) is 32.1 Å². The molecule has 0 aromatic rings. The zero-order chi connectivity index (χ0) is 8.65. The monoisotopic (exact) mass is 170 g/mol. The molecule has 1 aliphatic rings. The van der Waals surface area contributed by atoms with Crippen molar-refractivity contribution < 1.29 is 9.84 Å². The lowest BCUT2D eigenvalue weighted by molar-refractivity contribution is 0.0388. The van der Waals surface area contributed by atoms with Crippen LogP contribution in [0.15, 0.2) is 12.2 Å². The van der Waals surface area contributed by atoms with Crippen LogP contribution in [0.25, 0.3) is 0 Å². The van der Waals surface area contributed by atoms with Crippen LogP contribution >= 0.6 is 0 Å². The Balaban J connectivity index is 2.18. The highest BCUT2D eigenvalue weighted by molar-refractivity contribution is 4.84. The third-order valence-electron chi connectivity index (χ3n) is 2.14. The highest BCUT2D eigenvalue weighted by Gasteiger charge is 2.08. The fourth-order valence-electron chi connectivity index (χ4n) is 1.45. The van der Waals surface area contributed by atoms with Crippen molar-refractivity contribution in [3.8, 4) is 0 Å². The van der Waals surface area contributed by atoms with Crippen LogP contribution in [-0.2, 0) is 4.74 Å². The third kappa shape index (κ3) is 3.88. The van der Waals surface area contributed by atoms with Crippen molar-refractivity contribution in [3.63, 3.8) is 0 Å². The number of rotatable bonds is 3. The highest BCUT2D eigenvalue weighted by Crippen LogP contribution is 2.12. The summed E-state index contributed by atoms with van der Waals surface area (Å²) in [5.74, 6) is 0. The van der Waals surface area contributed by atoms with E-state index in [1.807, 2.05) is 0 Å². The molecule has 0 saturated heterocycles. The lowest BCUT2D eigenvalue weighted by Gasteiger charge is -2.17. The van der Waals surface area contributed by atoms with Crippen LogP contribution in [0.1, 0.15) is 32.1 Å². The van der Waals surface area contributed by atoms with Crippen LogP contribution in [-0.4, -0.2) is 24.4 Å². The molecule has 0 amide bonds. The number of hydrogen-bond acceptors (Lipinski definition) is 2. The Morgan fingerprint density at radius 2 is 2.17 bits per heavy atom. The van der Waals surface area contributed by atoms with Crippen LogP contribution in [0.2, 0.25) is 0 Å². The highest BCUT2D eigenvalue weighted by atomic mass is 16.5. The quantitative estimate of drug-likeness (QED) is 0.655. The van der Waals surface area contributed by atoms with Crippen molar-refractivity contribution in [1.29, 1.82) is 0 Å². The average Bonchev–Trinajstić information content (AvgIpc) is 2.02. The first-order chi connectivity index (χ1) is 5.93. The van der Waals surface area contributed by atoms with E-state index in [0.29, 0.717) is 6.10 Å². The maximum atomic E-state index is 8.65. The van der Waals surface area contributed by atoms with Gasteiger partial charge in [0.2, 0.25) is 0 Å². The van der Waals surface area contributed by atoms with Crippen molar-refractivity contribution in [2.75, 3.05) is 13.2 Å². The summed E-state index contributed by atoms with van der Waals surface area (Å²) in [6.07, 6.45) is 9.93. The van der Waals surface area contributed by atoms with Gasteiger partial charge in [0.15, 0.2) is 0 Å². The first-order valence-corrected chi connectivity index (χ1v) is 4.81. The molecular formula is C10H18O2. The Bertz CT molecular complexity index is 132. The Hall–Kier alpha value is -0.340. The Morgan fingerprint density at radius 1 is 1.33 bits per heavy atom. The van der Waals surface area contributed by atoms with Gasteiger partial charge in [-0.15, -0.1) is 0 Å². The first kappa shape index (κ1) is 9.75. The molecule has 12 heavy (non-hydrogen) atoms. The lowest BCUT2D eigenvalue weighted by atomic mass is 10.1. The molecule has 1 rings (SSSR count). The third-order valence-corrected chi connectivity index (χ3v) is 2.14. The maximum absolute atomic E-state index is 8.65. The molecule has 1 heterocycles. The molecule has 1 aliphatic heterocycles. The zero-order valence-corrected chi connectivity index (χ0v) is 7.54. The number of aliphatic hydroxyl groups excluding tert-OH is 1. The minimum Gasteiger partial charge on any atom is -0.396 e. The van der Waals surface area contributed by atoms with Gasteiger partial charge in [-0.1, -0.05) is 12.2 Å². The largest absolute Gasteiger partial charge is 0.396 e. The molecule has 0 spiro atoms. The van der Waals surface area contributed by atoms with Gasteiger partial charge in [-0.3, -0.25) is 0 Å². The second-order valence-corrected chi connectivity index (χ2v) is 3.20. The summed E-state index contributed by atoms with van der Waals surface area (Å²) in [4.78, 5) is 0. The van der Waals surface area contributed by atoms with Gasteiger partial charge >= 0.3 is 0 Å². The van der Waals surface area contributed by atoms with E-state index < -0.39 is 0 Å². The smallest absolute Gasteiger partial charge is 0.0579 e. The Labute approximate surface area is 74.2 Å². The minimum absolute atomic E-state index is 0.287. The van der Waals surface area contributed by atoms with E-state index in [1.165, 1.54) is 0 Å². The predicted octanol–water partition coefficient (Wildman–Crippen LogP) is 1.88. The molecule has 2 heteroatoms. The molecule has 70 valence electrons. The van der Waals surface area contributed by atoms with Crippen LogP contribution in [0, 0.1) is 0 Å². The van der Waals surface area contributed by atoms with Gasteiger partial charge in [-0.25, -0.2) is 0 Å². The second kappa shape index (κ2) is 6.21. The average molecular weight is 170 g/mol. The summed E-state index contributed by atoms with van der Waals surface area (Å²) < 4.78 is 5.62. The van der Waals surface area contributed by atoms with E-state index in [0.717, 1.165) is 38.7 Å². The van der Waals surface area contributed by atoms with Gasteiger partial charge in [0.05, 0.1) is 12.7 Å². The standard InChI is InChI=1S/C10H18O2/c11-8-5-7-10-6-3-1-2-4-9-12-10/h1-2,10-11H,3-9H2/b2-1+. The van der Waals surface area contributed by atoms with Crippen molar-refractivity contribution in [1.82, 2.24) is 0 Å². The van der Waals surface area contributed by atoms with E-state index in [1.54, 1.807) is 0 Å². The first-order valence-electron chi connectivity index (χ1n) is 4.81. The van der Waals surface area contributed by atoms with Crippen LogP contribution < -0.4 is 0 Å². The van der Waals surface area contributed by atoms with Gasteiger partial charge in [-0.2, -0.15) is 0 Å². The molecule has 0 aromatic carbocycles. The van der Waals surface area contributed by atoms with Crippen molar-refractivity contribution >= 4 is 0 Å². The normalized spacial score (nSPS) is 27.6. The summed E-state index contributed by atoms with van der Waals surface area (Å²) >= 11 is 0. The van der Waals surface area contributed by atoms with E-state index in [2.05, 4.69) is 12.2 Å². The molecule has 0 radical (unpaired) electrons. The SMILES string of the molecule is OCCCC1CC/C=C/CCO1. The molecule has 0 aliphatic carbocycles. The molecule has 0 bridgehead atoms. The van der Waals surface area contributed by atoms with Crippen molar-refractivity contribution in [2.45, 2.75) is 38.2 Å². The molecule has 0 fully saturated rings. The molecule has 1 atom stereocenters. The summed E-state index contributed by atoms with van der Waals surface area (Å²) in [6.45, 7) is 1.13. The molecule has 2 nitrogen and oxygen atoms in total. The zero-order valence-electron chi connectivity index (χ0n) is 7.54. The molecular weight excluding hydrogens is 152 g/mol. The fourth-order valence-corrected chi connectivity index (χ4v) is 1.45. The second-order valence-electron chi connectivity index (χ2n) is 3.20. The van der Waals surface area contributed by atoms with Crippen molar-refractivity contribution in [3.05, 3.63) is 12.2 Å². The Morgan fingerprint density at radius 3 is 3.00 bits per heavy atom. The van der Waals surface area contributed by atoms with E-state index >= 15 is 0 Å². The summed E-state index contributed by atoms with van der Waals surface area (Å²) in [6, 6.07) is 0. The van der Waals surface area contributed by atoms with Gasteiger partial charge < -0.3 is 9.84 Å². The number of ether oxygens (including phenoxy) is 1. The molecule has 0 aromatic heterocycles. The lowest BCUT2D eigenvalue weighted by Crippen LogP contribution is -2.15. The number of aliphatic hydroxyl groups is 1. The van der Waals surface area contributed by atoms with Gasteiger partial charge in [0.25, 0.3) is 0 Å². The number of hydrogen-bond donors (Lipinski definition) is 1. The molecule has 1 unspecified atom stereocenters. The van der Waals surface area contributed by atoms with Crippen LogP contribution in [0.3, 0.4) is 0 Å². The Kier molecular flexibility index (Phi) is 5.04. The summed E-state index contributed by atoms with van der Waals surface area (Å²) in [7, 11) is 0. The number of allylic oxidation sites excluding steroid dienone is 1. The van der Waals surface area contributed by atoms with Crippen LogP contribution in [0.5, 0.6) is 0 Å². The van der Waals surface area contributed by atoms with E-state index in [-0.39, 0.29) is 6.61 Å². The molecule has 0 saturated carbocycles. The summed E-state index contributed by atoms with van der Waals surface area (Å²) in [5.41, 5.74) is 0. The van der Waals surface area contributed by atoms with Gasteiger partial charge in [0, 0.05) is 6.61 Å². The minimum atomic E-state index is 0.287. The fraction of sp³-hybridized carbons (Fsp3) is 0.800. The van der Waals surface area contributed by atoms with Crippen molar-refractivity contribution in [2.24, 2.45) is 0 Å². The van der Waals surface area contributed by atoms with E-state index in [9.17, 15) is 0 Å². The predicted molar refractivity (Wildman–Crippen MR) is 49.1 cm³/mol.